The van der Waals surface area contributed by atoms with E-state index in [4.69, 9.17) is 14.2 Å². The molecule has 0 spiro atoms. The summed E-state index contributed by atoms with van der Waals surface area (Å²) in [5.74, 6) is -2.34. The number of imidazole rings is 1. The Labute approximate surface area is 179 Å². The molecule has 1 aromatic heterocycles. The fraction of sp³-hybridized carbons (Fsp3) is 0.789. The number of hydrogen-bond donors (Lipinski definition) is 7. The summed E-state index contributed by atoms with van der Waals surface area (Å²) in [7, 11) is 3.28. The van der Waals surface area contributed by atoms with Crippen LogP contribution in [0.25, 0.3) is 0 Å². The van der Waals surface area contributed by atoms with Crippen molar-refractivity contribution in [3.63, 3.8) is 0 Å². The predicted molar refractivity (Wildman–Crippen MR) is 106 cm³/mol. The van der Waals surface area contributed by atoms with Gasteiger partial charge in [0, 0.05) is 6.20 Å². The molecule has 10 atom stereocenters. The zero-order valence-electron chi connectivity index (χ0n) is 17.7. The van der Waals surface area contributed by atoms with E-state index >= 15 is 0 Å². The van der Waals surface area contributed by atoms with E-state index in [9.17, 15) is 20.1 Å². The first kappa shape index (κ1) is 22.6. The molecule has 7 N–H and O–H groups in total. The van der Waals surface area contributed by atoms with Gasteiger partial charge in [-0.05, 0) is 27.4 Å². The quantitative estimate of drug-likeness (QED) is 0.249. The van der Waals surface area contributed by atoms with Crippen LogP contribution in [0.1, 0.15) is 19.0 Å². The minimum absolute atomic E-state index is 0.0311. The molecule has 2 saturated heterocycles. The van der Waals surface area contributed by atoms with Crippen LogP contribution in [0.2, 0.25) is 0 Å². The number of amides is 1. The molecule has 12 nitrogen and oxygen atoms in total. The van der Waals surface area contributed by atoms with Gasteiger partial charge < -0.3 is 50.5 Å². The Hall–Kier alpha value is -1.64. The summed E-state index contributed by atoms with van der Waals surface area (Å²) in [4.78, 5) is 19.4. The maximum Gasteiger partial charge on any atom is 0.239 e. The summed E-state index contributed by atoms with van der Waals surface area (Å²) in [6.45, 7) is 1.80. The third kappa shape index (κ3) is 3.98. The summed E-state index contributed by atoms with van der Waals surface area (Å²) in [5, 5.41) is 41.7. The number of carbonyl (C=O) groups is 1. The van der Waals surface area contributed by atoms with Gasteiger partial charge in [-0.15, -0.1) is 0 Å². The summed E-state index contributed by atoms with van der Waals surface area (Å²) in [6.07, 6.45) is -2.01. The fourth-order valence-electron chi connectivity index (χ4n) is 4.81. The molecule has 3 fully saturated rings. The van der Waals surface area contributed by atoms with Crippen molar-refractivity contribution in [1.82, 2.24) is 25.9 Å². The SMILES string of the molecule is CN[C@@H]1[C@H](O)[C@H](NC)C2O[C@]3(O)C(OC2[C@H]1O)O[C@H](C)C[C@H]3NC(=O)Cc1c[nH]cn1. The Kier molecular flexibility index (Phi) is 6.34. The lowest BCUT2D eigenvalue weighted by Gasteiger charge is -2.58. The van der Waals surface area contributed by atoms with Gasteiger partial charge in [0.1, 0.15) is 18.3 Å². The maximum atomic E-state index is 12.6. The van der Waals surface area contributed by atoms with Crippen molar-refractivity contribution in [2.24, 2.45) is 0 Å². The van der Waals surface area contributed by atoms with E-state index in [2.05, 4.69) is 25.9 Å². The van der Waals surface area contributed by atoms with E-state index in [-0.39, 0.29) is 24.9 Å². The molecular formula is C19H31N5O7. The second kappa shape index (κ2) is 8.71. The molecule has 3 unspecified atom stereocenters. The lowest BCUT2D eigenvalue weighted by molar-refractivity contribution is -0.449. The van der Waals surface area contributed by atoms with E-state index in [1.807, 2.05) is 0 Å². The van der Waals surface area contributed by atoms with Gasteiger partial charge >= 0.3 is 0 Å². The molecule has 0 radical (unpaired) electrons. The van der Waals surface area contributed by atoms with Crippen LogP contribution in [-0.2, 0) is 25.4 Å². The second-order valence-corrected chi connectivity index (χ2v) is 8.42. The number of aliphatic hydroxyl groups excluding tert-OH is 2. The molecule has 3 heterocycles. The summed E-state index contributed by atoms with van der Waals surface area (Å²) in [5.41, 5.74) is 0.564. The second-order valence-electron chi connectivity index (χ2n) is 8.42. The highest BCUT2D eigenvalue weighted by Crippen LogP contribution is 2.41. The molecule has 3 aliphatic rings. The van der Waals surface area contributed by atoms with Gasteiger partial charge in [0.2, 0.25) is 18.0 Å². The van der Waals surface area contributed by atoms with E-state index in [0.717, 1.165) is 0 Å². The highest BCUT2D eigenvalue weighted by atomic mass is 16.8. The van der Waals surface area contributed by atoms with Crippen LogP contribution in [-0.4, -0.2) is 106 Å². The molecule has 31 heavy (non-hydrogen) atoms. The number of H-pyrrole nitrogens is 1. The third-order valence-electron chi connectivity index (χ3n) is 6.38. The number of aromatic nitrogens is 2. The van der Waals surface area contributed by atoms with Crippen LogP contribution in [0.4, 0.5) is 0 Å². The van der Waals surface area contributed by atoms with Crippen molar-refractivity contribution in [3.8, 4) is 0 Å². The molecule has 0 aromatic carbocycles. The number of likely N-dealkylation sites (N-methyl/N-ethyl adjacent to an activating group) is 2. The first-order chi connectivity index (χ1) is 14.8. The van der Waals surface area contributed by atoms with Crippen molar-refractivity contribution in [3.05, 3.63) is 18.2 Å². The average Bonchev–Trinajstić information content (AvgIpc) is 3.21. The van der Waals surface area contributed by atoms with Crippen LogP contribution < -0.4 is 16.0 Å². The molecule has 1 saturated carbocycles. The zero-order chi connectivity index (χ0) is 22.3. The minimum Gasteiger partial charge on any atom is -0.390 e. The highest BCUT2D eigenvalue weighted by Gasteiger charge is 2.63. The third-order valence-corrected chi connectivity index (χ3v) is 6.38. The predicted octanol–water partition coefficient (Wildman–Crippen LogP) is -3.04. The normalized spacial score (nSPS) is 44.9. The number of nitrogens with one attached hydrogen (secondary N) is 4. The van der Waals surface area contributed by atoms with Gasteiger partial charge in [-0.1, -0.05) is 0 Å². The van der Waals surface area contributed by atoms with Crippen LogP contribution in [0.3, 0.4) is 0 Å². The van der Waals surface area contributed by atoms with E-state index in [0.29, 0.717) is 5.69 Å². The minimum atomic E-state index is -2.00. The zero-order valence-corrected chi connectivity index (χ0v) is 17.7. The smallest absolute Gasteiger partial charge is 0.239 e. The van der Waals surface area contributed by atoms with E-state index in [1.54, 1.807) is 27.2 Å². The Bertz CT molecular complexity index is 767. The standard InChI is InChI=1S/C19H31N5O7/c1-8-4-10(24-11(25)5-9-6-22-7-23-9)19(28)18(29-8)30-17-15(27)12(20-2)14(26)13(21-3)16(17)31-19/h6-8,10,12-18,20-21,26-28H,4-5H2,1-3H3,(H,22,23)(H,24,25)/t8-,10-,12-,13+,14+,15+,16?,17?,18?,19+/m1/s1. The Balaban J connectivity index is 1.57. The van der Waals surface area contributed by atoms with Crippen LogP contribution in [0.15, 0.2) is 12.5 Å². The van der Waals surface area contributed by atoms with Crippen molar-refractivity contribution in [2.75, 3.05) is 14.1 Å². The van der Waals surface area contributed by atoms with Crippen molar-refractivity contribution >= 4 is 5.91 Å². The van der Waals surface area contributed by atoms with Gasteiger partial charge in [0.05, 0.1) is 48.8 Å². The van der Waals surface area contributed by atoms with Gasteiger partial charge in [0.25, 0.3) is 0 Å². The van der Waals surface area contributed by atoms with Crippen LogP contribution in [0.5, 0.6) is 0 Å². The van der Waals surface area contributed by atoms with E-state index in [1.165, 1.54) is 6.33 Å². The number of carbonyl (C=O) groups excluding carboxylic acids is 1. The lowest BCUT2D eigenvalue weighted by Crippen LogP contribution is -2.79. The molecule has 0 bridgehead atoms. The average molecular weight is 441 g/mol. The van der Waals surface area contributed by atoms with E-state index < -0.39 is 54.6 Å². The Morgan fingerprint density at radius 3 is 2.61 bits per heavy atom. The van der Waals surface area contributed by atoms with Crippen LogP contribution >= 0.6 is 0 Å². The maximum absolute atomic E-state index is 12.6. The van der Waals surface area contributed by atoms with Crippen molar-refractivity contribution in [1.29, 1.82) is 0 Å². The number of nitrogens with zero attached hydrogens (tertiary/aromatic N) is 1. The molecule has 2 aliphatic heterocycles. The number of rotatable bonds is 5. The van der Waals surface area contributed by atoms with Crippen LogP contribution in [0, 0.1) is 0 Å². The summed E-state index contributed by atoms with van der Waals surface area (Å²) >= 11 is 0. The fourth-order valence-corrected chi connectivity index (χ4v) is 4.81. The molecule has 4 rings (SSSR count). The van der Waals surface area contributed by atoms with Gasteiger partial charge in [-0.25, -0.2) is 4.98 Å². The molecular weight excluding hydrogens is 410 g/mol. The molecule has 174 valence electrons. The van der Waals surface area contributed by atoms with Gasteiger partial charge in [-0.3, -0.25) is 4.79 Å². The highest BCUT2D eigenvalue weighted by molar-refractivity contribution is 5.78. The first-order valence-electron chi connectivity index (χ1n) is 10.5. The summed E-state index contributed by atoms with van der Waals surface area (Å²) < 4.78 is 17.9. The lowest BCUT2D eigenvalue weighted by atomic mass is 9.79. The molecule has 1 aliphatic carbocycles. The number of aliphatic hydroxyl groups is 3. The first-order valence-corrected chi connectivity index (χ1v) is 10.5. The van der Waals surface area contributed by atoms with Crippen molar-refractivity contribution < 1.29 is 34.3 Å². The molecule has 1 aromatic rings. The van der Waals surface area contributed by atoms with Crippen molar-refractivity contribution in [2.45, 2.75) is 80.5 Å². The topological polar surface area (TPSA) is 170 Å². The Morgan fingerprint density at radius 1 is 1.23 bits per heavy atom. The number of fused-ring (bicyclic) bond motifs is 2. The number of ether oxygens (including phenoxy) is 3. The molecule has 1 amide bonds. The largest absolute Gasteiger partial charge is 0.390 e. The Morgan fingerprint density at radius 2 is 1.97 bits per heavy atom. The van der Waals surface area contributed by atoms with Gasteiger partial charge in [-0.2, -0.15) is 0 Å². The number of hydrogen-bond acceptors (Lipinski definition) is 10. The van der Waals surface area contributed by atoms with Gasteiger partial charge in [0.15, 0.2) is 0 Å². The monoisotopic (exact) mass is 441 g/mol. The molecule has 12 heteroatoms. The number of aromatic amines is 1. The summed E-state index contributed by atoms with van der Waals surface area (Å²) in [6, 6.07) is -2.14.